The molecule has 1 aliphatic heterocycles. The molecule has 0 aliphatic carbocycles. The monoisotopic (exact) mass is 202 g/mol. The summed E-state index contributed by atoms with van der Waals surface area (Å²) in [5, 5.41) is 9.03. The van der Waals surface area contributed by atoms with Crippen molar-refractivity contribution >= 4 is 5.69 Å². The number of nitrogens with zero attached hydrogens (tertiary/aromatic N) is 2. The molecule has 0 saturated carbocycles. The third-order valence-electron chi connectivity index (χ3n) is 2.70. The molecular formula is C12H14N2O. The smallest absolute Gasteiger partial charge is 0.101 e. The molecule has 78 valence electrons. The molecule has 0 radical (unpaired) electrons. The van der Waals surface area contributed by atoms with E-state index in [1.54, 1.807) is 0 Å². The molecule has 3 heteroatoms. The fraction of sp³-hybridized carbons (Fsp3) is 0.417. The molecule has 1 aliphatic rings. The summed E-state index contributed by atoms with van der Waals surface area (Å²) in [4.78, 5) is 2.24. The summed E-state index contributed by atoms with van der Waals surface area (Å²) in [5.74, 6) is 0. The third kappa shape index (κ3) is 1.95. The molecule has 1 atom stereocenters. The van der Waals surface area contributed by atoms with Gasteiger partial charge < -0.3 is 9.64 Å². The van der Waals surface area contributed by atoms with E-state index in [9.17, 15) is 0 Å². The van der Waals surface area contributed by atoms with Crippen LogP contribution in [0.4, 0.5) is 5.69 Å². The lowest BCUT2D eigenvalue weighted by atomic mass is 10.1. The van der Waals surface area contributed by atoms with Crippen molar-refractivity contribution in [3.63, 3.8) is 0 Å². The number of morpholine rings is 1. The van der Waals surface area contributed by atoms with Crippen molar-refractivity contribution in [3.8, 4) is 6.07 Å². The van der Waals surface area contributed by atoms with Crippen LogP contribution in [0.5, 0.6) is 0 Å². The Kier molecular flexibility index (Phi) is 2.89. The summed E-state index contributed by atoms with van der Waals surface area (Å²) in [6.45, 7) is 4.46. The maximum atomic E-state index is 9.03. The highest BCUT2D eigenvalue weighted by Gasteiger charge is 2.20. The van der Waals surface area contributed by atoms with Crippen molar-refractivity contribution < 1.29 is 4.74 Å². The van der Waals surface area contributed by atoms with Crippen LogP contribution in [0.25, 0.3) is 0 Å². The van der Waals surface area contributed by atoms with Crippen LogP contribution in [0.15, 0.2) is 24.3 Å². The van der Waals surface area contributed by atoms with E-state index in [2.05, 4.69) is 17.9 Å². The van der Waals surface area contributed by atoms with E-state index in [0.717, 1.165) is 31.0 Å². The molecule has 0 amide bonds. The van der Waals surface area contributed by atoms with Crippen LogP contribution < -0.4 is 4.90 Å². The lowest BCUT2D eigenvalue weighted by Crippen LogP contribution is -2.44. The van der Waals surface area contributed by atoms with Gasteiger partial charge in [-0.15, -0.1) is 0 Å². The quantitative estimate of drug-likeness (QED) is 0.696. The third-order valence-corrected chi connectivity index (χ3v) is 2.70. The molecular weight excluding hydrogens is 188 g/mol. The lowest BCUT2D eigenvalue weighted by molar-refractivity contribution is 0.0989. The number of hydrogen-bond donors (Lipinski definition) is 0. The summed E-state index contributed by atoms with van der Waals surface area (Å²) >= 11 is 0. The van der Waals surface area contributed by atoms with Crippen LogP contribution in [-0.4, -0.2) is 25.8 Å². The van der Waals surface area contributed by atoms with Gasteiger partial charge in [0.1, 0.15) is 6.07 Å². The summed E-state index contributed by atoms with van der Waals surface area (Å²) in [7, 11) is 0. The average Bonchev–Trinajstić information content (AvgIpc) is 2.30. The van der Waals surface area contributed by atoms with E-state index in [-0.39, 0.29) is 0 Å². The van der Waals surface area contributed by atoms with Gasteiger partial charge in [-0.25, -0.2) is 0 Å². The Morgan fingerprint density at radius 3 is 3.00 bits per heavy atom. The van der Waals surface area contributed by atoms with E-state index >= 15 is 0 Å². The Hall–Kier alpha value is -1.53. The topological polar surface area (TPSA) is 36.3 Å². The SMILES string of the molecule is CC1COCCN1c1ccccc1C#N. The van der Waals surface area contributed by atoms with Gasteiger partial charge in [-0.3, -0.25) is 0 Å². The standard InChI is InChI=1S/C12H14N2O/c1-10-9-15-7-6-14(10)12-5-3-2-4-11(12)8-13/h2-5,10H,6-7,9H2,1H3. The number of para-hydroxylation sites is 1. The number of nitriles is 1. The molecule has 15 heavy (non-hydrogen) atoms. The summed E-state index contributed by atoms with van der Waals surface area (Å²) in [6.07, 6.45) is 0. The van der Waals surface area contributed by atoms with Crippen molar-refractivity contribution in [1.82, 2.24) is 0 Å². The highest BCUT2D eigenvalue weighted by molar-refractivity contribution is 5.59. The van der Waals surface area contributed by atoms with Gasteiger partial charge in [-0.2, -0.15) is 5.26 Å². The maximum absolute atomic E-state index is 9.03. The van der Waals surface area contributed by atoms with Crippen molar-refractivity contribution in [3.05, 3.63) is 29.8 Å². The molecule has 0 N–H and O–H groups in total. The fourth-order valence-corrected chi connectivity index (χ4v) is 1.90. The Morgan fingerprint density at radius 1 is 1.47 bits per heavy atom. The van der Waals surface area contributed by atoms with E-state index in [0.29, 0.717) is 6.04 Å². The second-order valence-electron chi connectivity index (χ2n) is 3.75. The molecule has 1 aromatic carbocycles. The molecule has 0 bridgehead atoms. The first-order chi connectivity index (χ1) is 7.33. The number of anilines is 1. The molecule has 1 saturated heterocycles. The van der Waals surface area contributed by atoms with Crippen LogP contribution in [0.2, 0.25) is 0 Å². The van der Waals surface area contributed by atoms with Crippen LogP contribution in [0, 0.1) is 11.3 Å². The summed E-state index contributed by atoms with van der Waals surface area (Å²) < 4.78 is 5.38. The van der Waals surface area contributed by atoms with Gasteiger partial charge in [0.25, 0.3) is 0 Å². The first-order valence-corrected chi connectivity index (χ1v) is 5.16. The number of rotatable bonds is 1. The van der Waals surface area contributed by atoms with Gasteiger partial charge in [0.15, 0.2) is 0 Å². The van der Waals surface area contributed by atoms with E-state index < -0.39 is 0 Å². The summed E-state index contributed by atoms with van der Waals surface area (Å²) in [6, 6.07) is 10.3. The molecule has 1 aromatic rings. The Balaban J connectivity index is 2.31. The maximum Gasteiger partial charge on any atom is 0.101 e. The van der Waals surface area contributed by atoms with Crippen molar-refractivity contribution in [1.29, 1.82) is 5.26 Å². The predicted octanol–water partition coefficient (Wildman–Crippen LogP) is 1.78. The predicted molar refractivity (Wildman–Crippen MR) is 58.8 cm³/mol. The zero-order valence-electron chi connectivity index (χ0n) is 8.81. The molecule has 1 fully saturated rings. The molecule has 1 unspecified atom stereocenters. The second-order valence-corrected chi connectivity index (χ2v) is 3.75. The minimum atomic E-state index is 0.341. The minimum absolute atomic E-state index is 0.341. The average molecular weight is 202 g/mol. The number of benzene rings is 1. The van der Waals surface area contributed by atoms with Crippen LogP contribution >= 0.6 is 0 Å². The second kappa shape index (κ2) is 4.33. The van der Waals surface area contributed by atoms with Crippen LogP contribution in [-0.2, 0) is 4.74 Å². The molecule has 1 heterocycles. The largest absolute Gasteiger partial charge is 0.377 e. The fourth-order valence-electron chi connectivity index (χ4n) is 1.90. The minimum Gasteiger partial charge on any atom is -0.377 e. The van der Waals surface area contributed by atoms with E-state index in [1.807, 2.05) is 24.3 Å². The normalized spacial score (nSPS) is 21.1. The summed E-state index contributed by atoms with van der Waals surface area (Å²) in [5.41, 5.74) is 1.77. The van der Waals surface area contributed by atoms with Gasteiger partial charge >= 0.3 is 0 Å². The Morgan fingerprint density at radius 2 is 2.27 bits per heavy atom. The van der Waals surface area contributed by atoms with Gasteiger partial charge in [-0.1, -0.05) is 12.1 Å². The molecule has 0 aromatic heterocycles. The van der Waals surface area contributed by atoms with Crippen LogP contribution in [0.1, 0.15) is 12.5 Å². The Labute approximate surface area is 89.9 Å². The molecule has 0 spiro atoms. The first-order valence-electron chi connectivity index (χ1n) is 5.16. The van der Waals surface area contributed by atoms with E-state index in [4.69, 9.17) is 10.00 Å². The van der Waals surface area contributed by atoms with E-state index in [1.165, 1.54) is 0 Å². The zero-order valence-corrected chi connectivity index (χ0v) is 8.81. The van der Waals surface area contributed by atoms with Gasteiger partial charge in [0.05, 0.1) is 24.5 Å². The molecule has 3 nitrogen and oxygen atoms in total. The molecule has 2 rings (SSSR count). The van der Waals surface area contributed by atoms with Crippen molar-refractivity contribution in [2.45, 2.75) is 13.0 Å². The van der Waals surface area contributed by atoms with Crippen molar-refractivity contribution in [2.75, 3.05) is 24.7 Å². The number of ether oxygens (including phenoxy) is 1. The first kappa shape index (κ1) is 10.0. The highest BCUT2D eigenvalue weighted by Crippen LogP contribution is 2.23. The Bertz CT molecular complexity index is 383. The number of hydrogen-bond acceptors (Lipinski definition) is 3. The van der Waals surface area contributed by atoms with Gasteiger partial charge in [0, 0.05) is 12.6 Å². The van der Waals surface area contributed by atoms with Crippen LogP contribution in [0.3, 0.4) is 0 Å². The zero-order chi connectivity index (χ0) is 10.7. The van der Waals surface area contributed by atoms with Crippen molar-refractivity contribution in [2.24, 2.45) is 0 Å². The van der Waals surface area contributed by atoms with Gasteiger partial charge in [-0.05, 0) is 19.1 Å². The van der Waals surface area contributed by atoms with Gasteiger partial charge in [0.2, 0.25) is 0 Å². The lowest BCUT2D eigenvalue weighted by Gasteiger charge is -2.35. The highest BCUT2D eigenvalue weighted by atomic mass is 16.5.